The van der Waals surface area contributed by atoms with Crippen LogP contribution in [0.25, 0.3) is 0 Å². The summed E-state index contributed by atoms with van der Waals surface area (Å²) in [4.78, 5) is 10.9. The number of esters is 1. The van der Waals surface area contributed by atoms with Crippen molar-refractivity contribution in [3.05, 3.63) is 0 Å². The van der Waals surface area contributed by atoms with E-state index in [0.29, 0.717) is 0 Å². The van der Waals surface area contributed by atoms with E-state index < -0.39 is 0 Å². The van der Waals surface area contributed by atoms with E-state index >= 15 is 0 Å². The van der Waals surface area contributed by atoms with Gasteiger partial charge < -0.3 is 4.74 Å². The molecule has 0 spiro atoms. The molecule has 0 aliphatic rings. The van der Waals surface area contributed by atoms with Gasteiger partial charge in [-0.05, 0) is 19.3 Å². The van der Waals surface area contributed by atoms with Crippen LogP contribution in [0.3, 0.4) is 0 Å². The molecule has 13 heavy (non-hydrogen) atoms. The summed E-state index contributed by atoms with van der Waals surface area (Å²) < 4.78 is 5.18. The number of unbranched alkanes of at least 4 members (excludes halogenated alkanes) is 2. The molecule has 0 aliphatic carbocycles. The van der Waals surface area contributed by atoms with Crippen LogP contribution in [-0.4, -0.2) is 17.8 Å². The maximum absolute atomic E-state index is 10.9. The molecule has 0 fully saturated rings. The van der Waals surface area contributed by atoms with Gasteiger partial charge in [0.2, 0.25) is 0 Å². The Bertz CT molecular complexity index is 137. The highest BCUT2D eigenvalue weighted by Gasteiger charge is 2.10. The molecule has 0 radical (unpaired) electrons. The Balaban J connectivity index is 3.56. The Morgan fingerprint density at radius 1 is 1.38 bits per heavy atom. The van der Waals surface area contributed by atoms with Crippen LogP contribution in [0.4, 0.5) is 0 Å². The first-order valence-corrected chi connectivity index (χ1v) is 5.68. The summed E-state index contributed by atoms with van der Waals surface area (Å²) >= 11 is 3.86. The molecular weight excluding hydrogens is 184 g/mol. The first-order valence-electron chi connectivity index (χ1n) is 5.04. The SMILES string of the molecule is CCCCCC(CC)OC(=O)CS. The Kier molecular flexibility index (Phi) is 8.30. The number of rotatable bonds is 7. The van der Waals surface area contributed by atoms with Crippen LogP contribution in [0.15, 0.2) is 0 Å². The van der Waals surface area contributed by atoms with Gasteiger partial charge in [0.25, 0.3) is 0 Å². The zero-order valence-electron chi connectivity index (χ0n) is 8.58. The molecule has 2 nitrogen and oxygen atoms in total. The predicted molar refractivity (Wildman–Crippen MR) is 58.2 cm³/mol. The minimum Gasteiger partial charge on any atom is -0.462 e. The van der Waals surface area contributed by atoms with E-state index in [0.717, 1.165) is 19.3 Å². The average molecular weight is 204 g/mol. The summed E-state index contributed by atoms with van der Waals surface area (Å²) in [5, 5.41) is 0. The van der Waals surface area contributed by atoms with Gasteiger partial charge in [0.15, 0.2) is 0 Å². The smallest absolute Gasteiger partial charge is 0.315 e. The van der Waals surface area contributed by atoms with Crippen molar-refractivity contribution in [2.75, 3.05) is 5.75 Å². The molecular formula is C10H20O2S. The van der Waals surface area contributed by atoms with Crippen LogP contribution in [0.1, 0.15) is 46.0 Å². The van der Waals surface area contributed by atoms with Crippen molar-refractivity contribution >= 4 is 18.6 Å². The van der Waals surface area contributed by atoms with Gasteiger partial charge in [-0.25, -0.2) is 0 Å². The molecule has 78 valence electrons. The summed E-state index contributed by atoms with van der Waals surface area (Å²) in [5.74, 6) is -0.0173. The van der Waals surface area contributed by atoms with E-state index in [2.05, 4.69) is 19.6 Å². The van der Waals surface area contributed by atoms with Gasteiger partial charge in [-0.15, -0.1) is 0 Å². The number of hydrogen-bond acceptors (Lipinski definition) is 3. The summed E-state index contributed by atoms with van der Waals surface area (Å²) in [6, 6.07) is 0. The number of hydrogen-bond donors (Lipinski definition) is 1. The first-order chi connectivity index (χ1) is 6.24. The second-order valence-corrected chi connectivity index (χ2v) is 3.49. The maximum atomic E-state index is 10.9. The molecule has 0 aromatic carbocycles. The maximum Gasteiger partial charge on any atom is 0.315 e. The highest BCUT2D eigenvalue weighted by atomic mass is 32.1. The summed E-state index contributed by atoms with van der Waals surface area (Å²) in [7, 11) is 0. The summed E-state index contributed by atoms with van der Waals surface area (Å²) in [6.07, 6.45) is 5.57. The van der Waals surface area contributed by atoms with E-state index in [1.807, 2.05) is 6.92 Å². The van der Waals surface area contributed by atoms with Gasteiger partial charge in [-0.1, -0.05) is 26.7 Å². The second-order valence-electron chi connectivity index (χ2n) is 3.17. The number of thiol groups is 1. The molecule has 0 N–H and O–H groups in total. The van der Waals surface area contributed by atoms with E-state index in [-0.39, 0.29) is 17.8 Å². The standard InChI is InChI=1S/C10H20O2S/c1-3-5-6-7-9(4-2)12-10(11)8-13/h9,13H,3-8H2,1-2H3. The Morgan fingerprint density at radius 3 is 2.54 bits per heavy atom. The molecule has 0 rings (SSSR count). The molecule has 0 bridgehead atoms. The van der Waals surface area contributed by atoms with Crippen LogP contribution in [-0.2, 0) is 9.53 Å². The number of ether oxygens (including phenoxy) is 1. The molecule has 0 heterocycles. The third kappa shape index (κ3) is 6.94. The van der Waals surface area contributed by atoms with Crippen molar-refractivity contribution in [1.82, 2.24) is 0 Å². The minimum atomic E-state index is -0.202. The van der Waals surface area contributed by atoms with Crippen LogP contribution >= 0.6 is 12.6 Å². The Morgan fingerprint density at radius 2 is 2.08 bits per heavy atom. The van der Waals surface area contributed by atoms with Crippen molar-refractivity contribution in [3.8, 4) is 0 Å². The zero-order chi connectivity index (χ0) is 10.1. The fourth-order valence-electron chi connectivity index (χ4n) is 1.19. The van der Waals surface area contributed by atoms with Crippen molar-refractivity contribution in [2.24, 2.45) is 0 Å². The lowest BCUT2D eigenvalue weighted by molar-refractivity contribution is -0.146. The third-order valence-electron chi connectivity index (χ3n) is 2.01. The van der Waals surface area contributed by atoms with Gasteiger partial charge in [0.05, 0.1) is 5.75 Å². The zero-order valence-corrected chi connectivity index (χ0v) is 9.48. The highest BCUT2D eigenvalue weighted by Crippen LogP contribution is 2.10. The Labute approximate surface area is 86.5 Å². The summed E-state index contributed by atoms with van der Waals surface area (Å²) in [5.41, 5.74) is 0. The van der Waals surface area contributed by atoms with Gasteiger partial charge in [0.1, 0.15) is 6.10 Å². The molecule has 0 saturated heterocycles. The van der Waals surface area contributed by atoms with Crippen molar-refractivity contribution < 1.29 is 9.53 Å². The number of carbonyl (C=O) groups is 1. The lowest BCUT2D eigenvalue weighted by Gasteiger charge is -2.14. The van der Waals surface area contributed by atoms with Crippen LogP contribution in [0.2, 0.25) is 0 Å². The van der Waals surface area contributed by atoms with Gasteiger partial charge in [-0.2, -0.15) is 12.6 Å². The molecule has 0 aromatic rings. The van der Waals surface area contributed by atoms with E-state index in [9.17, 15) is 4.79 Å². The fourth-order valence-corrected chi connectivity index (χ4v) is 1.27. The molecule has 0 aliphatic heterocycles. The van der Waals surface area contributed by atoms with E-state index in [1.54, 1.807) is 0 Å². The molecule has 0 saturated carbocycles. The highest BCUT2D eigenvalue weighted by molar-refractivity contribution is 7.81. The predicted octanol–water partition coefficient (Wildman–Crippen LogP) is 2.82. The average Bonchev–Trinajstić information content (AvgIpc) is 2.16. The lowest BCUT2D eigenvalue weighted by atomic mass is 10.1. The van der Waals surface area contributed by atoms with Gasteiger partial charge >= 0.3 is 5.97 Å². The van der Waals surface area contributed by atoms with Crippen LogP contribution in [0.5, 0.6) is 0 Å². The lowest BCUT2D eigenvalue weighted by Crippen LogP contribution is -2.18. The topological polar surface area (TPSA) is 26.3 Å². The normalized spacial score (nSPS) is 12.5. The first kappa shape index (κ1) is 12.8. The van der Waals surface area contributed by atoms with Gasteiger partial charge in [-0.3, -0.25) is 4.79 Å². The van der Waals surface area contributed by atoms with Crippen molar-refractivity contribution in [3.63, 3.8) is 0 Å². The molecule has 0 amide bonds. The quantitative estimate of drug-likeness (QED) is 0.392. The molecule has 3 heteroatoms. The van der Waals surface area contributed by atoms with Crippen molar-refractivity contribution in [2.45, 2.75) is 52.1 Å². The monoisotopic (exact) mass is 204 g/mol. The van der Waals surface area contributed by atoms with Crippen LogP contribution < -0.4 is 0 Å². The summed E-state index contributed by atoms with van der Waals surface area (Å²) in [6.45, 7) is 4.21. The Hall–Kier alpha value is -0.180. The molecule has 0 aromatic heterocycles. The minimum absolute atomic E-state index is 0.103. The largest absolute Gasteiger partial charge is 0.462 e. The van der Waals surface area contributed by atoms with E-state index in [1.165, 1.54) is 12.8 Å². The number of carbonyl (C=O) groups excluding carboxylic acids is 1. The molecule has 1 atom stereocenters. The second kappa shape index (κ2) is 8.42. The third-order valence-corrected chi connectivity index (χ3v) is 2.27. The van der Waals surface area contributed by atoms with E-state index in [4.69, 9.17) is 4.74 Å². The fraction of sp³-hybridized carbons (Fsp3) is 0.900. The van der Waals surface area contributed by atoms with Crippen molar-refractivity contribution in [1.29, 1.82) is 0 Å². The van der Waals surface area contributed by atoms with Crippen LogP contribution in [0, 0.1) is 0 Å². The van der Waals surface area contributed by atoms with Gasteiger partial charge in [0, 0.05) is 0 Å². The molecule has 1 unspecified atom stereocenters.